The largest absolute Gasteiger partial charge is 0.508 e. The van der Waals surface area contributed by atoms with E-state index in [4.69, 9.17) is 0 Å². The fourth-order valence-corrected chi connectivity index (χ4v) is 3.35. The van der Waals surface area contributed by atoms with Crippen molar-refractivity contribution in [1.29, 1.82) is 0 Å². The molecule has 0 fully saturated rings. The number of aromatic hydroxyl groups is 1. The standard InChI is InChI=1S/C23H29N5O2/c1-3-24-23(27-15-14-25-22(30)17-8-10-18(29)11-9-17)26-13-12-19-16(2)28-21-7-5-4-6-20(19)21/h4-11,28-29H,3,12-15H2,1-2H3,(H,25,30)(H2,24,26,27). The molecule has 7 heteroatoms. The van der Waals surface area contributed by atoms with Crippen LogP contribution in [-0.4, -0.2) is 48.1 Å². The van der Waals surface area contributed by atoms with Gasteiger partial charge in [0.25, 0.3) is 5.91 Å². The molecule has 158 valence electrons. The number of carbonyl (C=O) groups is 1. The molecule has 0 unspecified atom stereocenters. The number of hydrogen-bond donors (Lipinski definition) is 5. The number of aromatic nitrogens is 1. The van der Waals surface area contributed by atoms with Gasteiger partial charge < -0.3 is 26.0 Å². The van der Waals surface area contributed by atoms with Crippen molar-refractivity contribution in [3.05, 3.63) is 65.4 Å². The normalized spacial score (nSPS) is 11.5. The quantitative estimate of drug-likeness (QED) is 0.225. The summed E-state index contributed by atoms with van der Waals surface area (Å²) in [4.78, 5) is 20.2. The Balaban J connectivity index is 1.49. The number of aryl methyl sites for hydroxylation is 1. The summed E-state index contributed by atoms with van der Waals surface area (Å²) in [5, 5.41) is 19.9. The number of guanidine groups is 1. The lowest BCUT2D eigenvalue weighted by atomic mass is 10.1. The first-order valence-corrected chi connectivity index (χ1v) is 10.2. The van der Waals surface area contributed by atoms with Crippen LogP contribution < -0.4 is 16.0 Å². The molecule has 0 saturated heterocycles. The highest BCUT2D eigenvalue weighted by molar-refractivity contribution is 5.94. The number of phenols is 1. The van der Waals surface area contributed by atoms with Crippen LogP contribution in [0.3, 0.4) is 0 Å². The Bertz CT molecular complexity index is 1010. The van der Waals surface area contributed by atoms with Gasteiger partial charge in [0.1, 0.15) is 5.75 Å². The van der Waals surface area contributed by atoms with E-state index in [0.717, 1.165) is 24.4 Å². The molecule has 3 rings (SSSR count). The fraction of sp³-hybridized carbons (Fsp3) is 0.304. The van der Waals surface area contributed by atoms with Crippen LogP contribution in [-0.2, 0) is 6.42 Å². The molecule has 0 atom stereocenters. The van der Waals surface area contributed by atoms with Crippen molar-refractivity contribution in [3.8, 4) is 5.75 Å². The number of nitrogens with one attached hydrogen (secondary N) is 4. The smallest absolute Gasteiger partial charge is 0.251 e. The maximum Gasteiger partial charge on any atom is 0.251 e. The molecule has 30 heavy (non-hydrogen) atoms. The van der Waals surface area contributed by atoms with Crippen molar-refractivity contribution >= 4 is 22.8 Å². The first-order valence-electron chi connectivity index (χ1n) is 10.2. The molecule has 1 aromatic heterocycles. The van der Waals surface area contributed by atoms with Gasteiger partial charge in [0.15, 0.2) is 5.96 Å². The third-order valence-corrected chi connectivity index (χ3v) is 4.84. The van der Waals surface area contributed by atoms with Gasteiger partial charge >= 0.3 is 0 Å². The zero-order valence-corrected chi connectivity index (χ0v) is 17.5. The monoisotopic (exact) mass is 407 g/mol. The van der Waals surface area contributed by atoms with E-state index < -0.39 is 0 Å². The summed E-state index contributed by atoms with van der Waals surface area (Å²) in [5.74, 6) is 0.699. The van der Waals surface area contributed by atoms with Crippen LogP contribution in [0.2, 0.25) is 0 Å². The average molecular weight is 408 g/mol. The molecule has 3 aromatic rings. The third kappa shape index (κ3) is 5.53. The summed E-state index contributed by atoms with van der Waals surface area (Å²) < 4.78 is 0. The van der Waals surface area contributed by atoms with Crippen molar-refractivity contribution in [2.45, 2.75) is 20.3 Å². The first-order chi connectivity index (χ1) is 14.6. The number of nitrogens with zero attached hydrogens (tertiary/aromatic N) is 1. The van der Waals surface area contributed by atoms with Crippen LogP contribution in [0.15, 0.2) is 53.5 Å². The van der Waals surface area contributed by atoms with Crippen molar-refractivity contribution in [2.75, 3.05) is 26.2 Å². The summed E-state index contributed by atoms with van der Waals surface area (Å²) in [6, 6.07) is 14.5. The third-order valence-electron chi connectivity index (χ3n) is 4.84. The number of amides is 1. The maximum absolute atomic E-state index is 12.1. The number of aromatic amines is 1. The van der Waals surface area contributed by atoms with Gasteiger partial charge in [-0.2, -0.15) is 0 Å². The van der Waals surface area contributed by atoms with Crippen LogP contribution in [0.4, 0.5) is 0 Å². The SMILES string of the molecule is CCNC(=NCCc1c(C)[nH]c2ccccc12)NCCNC(=O)c1ccc(O)cc1. The van der Waals surface area contributed by atoms with Crippen LogP contribution >= 0.6 is 0 Å². The molecule has 7 nitrogen and oxygen atoms in total. The Labute approximate surface area is 176 Å². The van der Waals surface area contributed by atoms with Crippen molar-refractivity contribution in [3.63, 3.8) is 0 Å². The van der Waals surface area contributed by atoms with Gasteiger partial charge in [0.2, 0.25) is 0 Å². The molecule has 1 amide bonds. The summed E-state index contributed by atoms with van der Waals surface area (Å²) in [6.45, 7) is 6.57. The second kappa shape index (κ2) is 10.3. The zero-order chi connectivity index (χ0) is 21.3. The highest BCUT2D eigenvalue weighted by Gasteiger charge is 2.08. The highest BCUT2D eigenvalue weighted by atomic mass is 16.3. The fourth-order valence-electron chi connectivity index (χ4n) is 3.35. The number of hydrogen-bond acceptors (Lipinski definition) is 3. The van der Waals surface area contributed by atoms with E-state index in [1.54, 1.807) is 12.1 Å². The first kappa shape index (κ1) is 21.2. The van der Waals surface area contributed by atoms with E-state index in [1.807, 2.05) is 13.0 Å². The topological polar surface area (TPSA) is 102 Å². The molecule has 0 aliphatic heterocycles. The Morgan fingerprint density at radius 3 is 2.53 bits per heavy atom. The lowest BCUT2D eigenvalue weighted by Crippen LogP contribution is -2.41. The minimum absolute atomic E-state index is 0.141. The van der Waals surface area contributed by atoms with Crippen LogP contribution in [0.1, 0.15) is 28.5 Å². The summed E-state index contributed by atoms with van der Waals surface area (Å²) >= 11 is 0. The number of benzene rings is 2. The van der Waals surface area contributed by atoms with Gasteiger partial charge in [-0.25, -0.2) is 0 Å². The van der Waals surface area contributed by atoms with Crippen LogP contribution in [0.5, 0.6) is 5.75 Å². The molecule has 0 spiro atoms. The number of carbonyl (C=O) groups excluding carboxylic acids is 1. The second-order valence-corrected chi connectivity index (χ2v) is 7.01. The molecule has 2 aromatic carbocycles. The average Bonchev–Trinajstić information content (AvgIpc) is 3.06. The predicted molar refractivity (Wildman–Crippen MR) is 121 cm³/mol. The van der Waals surface area contributed by atoms with E-state index in [9.17, 15) is 9.90 Å². The predicted octanol–water partition coefficient (Wildman–Crippen LogP) is 2.71. The molecule has 5 N–H and O–H groups in total. The molecular weight excluding hydrogens is 378 g/mol. The Kier molecular flexibility index (Phi) is 7.32. The number of aliphatic imine (C=N–C) groups is 1. The van der Waals surface area contributed by atoms with Gasteiger partial charge in [-0.3, -0.25) is 9.79 Å². The van der Waals surface area contributed by atoms with Gasteiger partial charge in [-0.05, 0) is 56.2 Å². The Hall–Kier alpha value is -3.48. The maximum atomic E-state index is 12.1. The lowest BCUT2D eigenvalue weighted by Gasteiger charge is -2.12. The van der Waals surface area contributed by atoms with E-state index in [2.05, 4.69) is 51.0 Å². The Morgan fingerprint density at radius 2 is 1.77 bits per heavy atom. The molecular formula is C23H29N5O2. The summed E-state index contributed by atoms with van der Waals surface area (Å²) in [6.07, 6.45) is 0.851. The molecule has 0 radical (unpaired) electrons. The molecule has 0 saturated carbocycles. The number of H-pyrrole nitrogens is 1. The second-order valence-electron chi connectivity index (χ2n) is 7.01. The van der Waals surface area contributed by atoms with E-state index in [1.165, 1.54) is 28.8 Å². The van der Waals surface area contributed by atoms with Gasteiger partial charge in [0.05, 0.1) is 0 Å². The summed E-state index contributed by atoms with van der Waals surface area (Å²) in [5.41, 5.74) is 4.15. The Morgan fingerprint density at radius 1 is 1.03 bits per heavy atom. The van der Waals surface area contributed by atoms with E-state index >= 15 is 0 Å². The highest BCUT2D eigenvalue weighted by Crippen LogP contribution is 2.22. The van der Waals surface area contributed by atoms with Crippen molar-refractivity contribution in [1.82, 2.24) is 20.9 Å². The molecule has 0 aliphatic carbocycles. The minimum atomic E-state index is -0.173. The molecule has 0 bridgehead atoms. The minimum Gasteiger partial charge on any atom is -0.508 e. The van der Waals surface area contributed by atoms with E-state index in [0.29, 0.717) is 25.2 Å². The van der Waals surface area contributed by atoms with Crippen molar-refractivity contribution < 1.29 is 9.90 Å². The molecule has 0 aliphatic rings. The van der Waals surface area contributed by atoms with Gasteiger partial charge in [-0.1, -0.05) is 18.2 Å². The van der Waals surface area contributed by atoms with Gasteiger partial charge in [-0.15, -0.1) is 0 Å². The van der Waals surface area contributed by atoms with Gasteiger partial charge in [0, 0.05) is 48.3 Å². The van der Waals surface area contributed by atoms with Crippen LogP contribution in [0, 0.1) is 6.92 Å². The zero-order valence-electron chi connectivity index (χ0n) is 17.5. The number of phenolic OH excluding ortho intramolecular Hbond substituents is 1. The van der Waals surface area contributed by atoms with Crippen molar-refractivity contribution in [2.24, 2.45) is 4.99 Å². The number of rotatable bonds is 8. The van der Waals surface area contributed by atoms with E-state index in [-0.39, 0.29) is 11.7 Å². The summed E-state index contributed by atoms with van der Waals surface area (Å²) in [7, 11) is 0. The lowest BCUT2D eigenvalue weighted by molar-refractivity contribution is 0.0954. The number of para-hydroxylation sites is 1. The van der Waals surface area contributed by atoms with Crippen LogP contribution in [0.25, 0.3) is 10.9 Å². The number of fused-ring (bicyclic) bond motifs is 1. The molecule has 1 heterocycles.